The molecular weight excluding hydrogens is 218 g/mol. The highest BCUT2D eigenvalue weighted by molar-refractivity contribution is 5.49. The first kappa shape index (κ1) is 12.7. The zero-order valence-corrected chi connectivity index (χ0v) is 11.4. The quantitative estimate of drug-likeness (QED) is 0.803. The van der Waals surface area contributed by atoms with Crippen LogP contribution in [0.2, 0.25) is 0 Å². The Labute approximate surface area is 110 Å². The van der Waals surface area contributed by atoms with Gasteiger partial charge < -0.3 is 5.32 Å². The van der Waals surface area contributed by atoms with Crippen molar-refractivity contribution in [3.63, 3.8) is 0 Å². The molecule has 0 heterocycles. The van der Waals surface area contributed by atoms with E-state index < -0.39 is 0 Å². The molecular formula is C17H21N. The predicted molar refractivity (Wildman–Crippen MR) is 79.0 cm³/mol. The van der Waals surface area contributed by atoms with Gasteiger partial charge in [0.2, 0.25) is 0 Å². The summed E-state index contributed by atoms with van der Waals surface area (Å²) in [5.41, 5.74) is 5.23. The van der Waals surface area contributed by atoms with Crippen LogP contribution in [0.4, 0.5) is 5.69 Å². The molecule has 1 N–H and O–H groups in total. The van der Waals surface area contributed by atoms with Gasteiger partial charge in [-0.15, -0.1) is 0 Å². The van der Waals surface area contributed by atoms with Crippen LogP contribution in [0.15, 0.2) is 48.5 Å². The van der Waals surface area contributed by atoms with Crippen LogP contribution < -0.4 is 5.32 Å². The Morgan fingerprint density at radius 3 is 2.28 bits per heavy atom. The highest BCUT2D eigenvalue weighted by Gasteiger charge is 2.08. The van der Waals surface area contributed by atoms with Gasteiger partial charge in [-0.25, -0.2) is 0 Å². The minimum Gasteiger partial charge on any atom is -0.378 e. The van der Waals surface area contributed by atoms with E-state index in [-0.39, 0.29) is 0 Å². The van der Waals surface area contributed by atoms with Crippen molar-refractivity contribution in [2.45, 2.75) is 33.2 Å². The van der Waals surface area contributed by atoms with Crippen LogP contribution in [0.3, 0.4) is 0 Å². The molecule has 18 heavy (non-hydrogen) atoms. The van der Waals surface area contributed by atoms with Crippen molar-refractivity contribution in [1.29, 1.82) is 0 Å². The van der Waals surface area contributed by atoms with Crippen LogP contribution >= 0.6 is 0 Å². The number of nitrogens with one attached hydrogen (secondary N) is 1. The summed E-state index contributed by atoms with van der Waals surface area (Å²) in [5, 5.41) is 3.61. The Kier molecular flexibility index (Phi) is 4.03. The van der Waals surface area contributed by atoms with E-state index in [1.54, 1.807) is 0 Å². The first-order valence-corrected chi connectivity index (χ1v) is 6.59. The summed E-state index contributed by atoms with van der Waals surface area (Å²) < 4.78 is 0. The van der Waals surface area contributed by atoms with Gasteiger partial charge in [0.1, 0.15) is 0 Å². The van der Waals surface area contributed by atoms with Crippen LogP contribution in [0, 0.1) is 13.8 Å². The fourth-order valence-corrected chi connectivity index (χ4v) is 2.14. The van der Waals surface area contributed by atoms with E-state index in [1.807, 2.05) is 0 Å². The maximum atomic E-state index is 3.61. The lowest BCUT2D eigenvalue weighted by Crippen LogP contribution is -2.09. The number of benzene rings is 2. The second-order valence-corrected chi connectivity index (χ2v) is 4.81. The minimum atomic E-state index is 0.383. The SMILES string of the molecule is CCC(Nc1ccc(C)c(C)c1)c1ccccc1. The third-order valence-corrected chi connectivity index (χ3v) is 3.46. The van der Waals surface area contributed by atoms with Gasteiger partial charge >= 0.3 is 0 Å². The molecule has 0 bridgehead atoms. The fraction of sp³-hybridized carbons (Fsp3) is 0.294. The van der Waals surface area contributed by atoms with Gasteiger partial charge in [-0.3, -0.25) is 0 Å². The van der Waals surface area contributed by atoms with Crippen molar-refractivity contribution >= 4 is 5.69 Å². The fourth-order valence-electron chi connectivity index (χ4n) is 2.14. The number of rotatable bonds is 4. The second-order valence-electron chi connectivity index (χ2n) is 4.81. The predicted octanol–water partition coefficient (Wildman–Crippen LogP) is 4.87. The van der Waals surface area contributed by atoms with Gasteiger partial charge in [0.25, 0.3) is 0 Å². The summed E-state index contributed by atoms with van der Waals surface area (Å²) >= 11 is 0. The van der Waals surface area contributed by atoms with Crippen molar-refractivity contribution in [3.8, 4) is 0 Å². The Bertz CT molecular complexity index is 502. The van der Waals surface area contributed by atoms with Gasteiger partial charge in [-0.1, -0.05) is 43.3 Å². The van der Waals surface area contributed by atoms with Crippen LogP contribution in [-0.2, 0) is 0 Å². The molecule has 2 rings (SSSR count). The average Bonchev–Trinajstić information content (AvgIpc) is 2.41. The Hall–Kier alpha value is -1.76. The molecule has 0 amide bonds. The van der Waals surface area contributed by atoms with Gasteiger partial charge in [-0.05, 0) is 49.1 Å². The van der Waals surface area contributed by atoms with E-state index in [2.05, 4.69) is 74.6 Å². The van der Waals surface area contributed by atoms with Gasteiger partial charge in [0.05, 0.1) is 6.04 Å². The molecule has 94 valence electrons. The summed E-state index contributed by atoms with van der Waals surface area (Å²) in [6.45, 7) is 6.52. The van der Waals surface area contributed by atoms with Crippen LogP contribution in [-0.4, -0.2) is 0 Å². The van der Waals surface area contributed by atoms with Crippen molar-refractivity contribution in [1.82, 2.24) is 0 Å². The zero-order chi connectivity index (χ0) is 13.0. The molecule has 0 saturated heterocycles. The van der Waals surface area contributed by atoms with Crippen molar-refractivity contribution < 1.29 is 0 Å². The molecule has 1 heteroatoms. The minimum absolute atomic E-state index is 0.383. The maximum absolute atomic E-state index is 3.61. The average molecular weight is 239 g/mol. The first-order chi connectivity index (χ1) is 8.70. The molecule has 2 aromatic carbocycles. The van der Waals surface area contributed by atoms with Crippen molar-refractivity contribution in [2.75, 3.05) is 5.32 Å². The molecule has 1 unspecified atom stereocenters. The highest BCUT2D eigenvalue weighted by Crippen LogP contribution is 2.23. The number of aryl methyl sites for hydroxylation is 2. The third-order valence-electron chi connectivity index (χ3n) is 3.46. The summed E-state index contributed by atoms with van der Waals surface area (Å²) in [6.07, 6.45) is 1.08. The molecule has 1 nitrogen and oxygen atoms in total. The number of anilines is 1. The zero-order valence-electron chi connectivity index (χ0n) is 11.4. The monoisotopic (exact) mass is 239 g/mol. The van der Waals surface area contributed by atoms with E-state index in [4.69, 9.17) is 0 Å². The summed E-state index contributed by atoms with van der Waals surface area (Å²) in [6, 6.07) is 17.6. The van der Waals surface area contributed by atoms with E-state index >= 15 is 0 Å². The van der Waals surface area contributed by atoms with Gasteiger partial charge in [0.15, 0.2) is 0 Å². The lowest BCUT2D eigenvalue weighted by Gasteiger charge is -2.19. The standard InChI is InChI=1S/C17H21N/c1-4-17(15-8-6-5-7-9-15)18-16-11-10-13(2)14(3)12-16/h5-12,17-18H,4H2,1-3H3. The van der Waals surface area contributed by atoms with E-state index in [9.17, 15) is 0 Å². The molecule has 0 aliphatic rings. The topological polar surface area (TPSA) is 12.0 Å². The summed E-state index contributed by atoms with van der Waals surface area (Å²) in [7, 11) is 0. The molecule has 0 aromatic heterocycles. The molecule has 0 spiro atoms. The van der Waals surface area contributed by atoms with Crippen LogP contribution in [0.1, 0.15) is 36.1 Å². The largest absolute Gasteiger partial charge is 0.378 e. The van der Waals surface area contributed by atoms with E-state index in [1.165, 1.54) is 22.4 Å². The summed E-state index contributed by atoms with van der Waals surface area (Å²) in [4.78, 5) is 0. The van der Waals surface area contributed by atoms with Crippen LogP contribution in [0.25, 0.3) is 0 Å². The Morgan fingerprint density at radius 1 is 0.944 bits per heavy atom. The van der Waals surface area contributed by atoms with Gasteiger partial charge in [-0.2, -0.15) is 0 Å². The second kappa shape index (κ2) is 5.72. The Balaban J connectivity index is 2.18. The molecule has 0 aliphatic carbocycles. The molecule has 2 aromatic rings. The van der Waals surface area contributed by atoms with Gasteiger partial charge in [0, 0.05) is 5.69 Å². The third kappa shape index (κ3) is 2.92. The lowest BCUT2D eigenvalue weighted by atomic mass is 10.0. The van der Waals surface area contributed by atoms with Crippen LogP contribution in [0.5, 0.6) is 0 Å². The number of hydrogen-bond donors (Lipinski definition) is 1. The molecule has 0 fully saturated rings. The molecule has 0 radical (unpaired) electrons. The summed E-state index contributed by atoms with van der Waals surface area (Å²) in [5.74, 6) is 0. The normalized spacial score (nSPS) is 12.2. The molecule has 0 aliphatic heterocycles. The van der Waals surface area contributed by atoms with E-state index in [0.717, 1.165) is 6.42 Å². The van der Waals surface area contributed by atoms with Crippen molar-refractivity contribution in [2.24, 2.45) is 0 Å². The van der Waals surface area contributed by atoms with E-state index in [0.29, 0.717) is 6.04 Å². The lowest BCUT2D eigenvalue weighted by molar-refractivity contribution is 0.749. The highest BCUT2D eigenvalue weighted by atomic mass is 14.9. The maximum Gasteiger partial charge on any atom is 0.0511 e. The molecule has 1 atom stereocenters. The van der Waals surface area contributed by atoms with Crippen molar-refractivity contribution in [3.05, 3.63) is 65.2 Å². The smallest absolute Gasteiger partial charge is 0.0511 e. The number of hydrogen-bond acceptors (Lipinski definition) is 1. The molecule has 0 saturated carbocycles. The Morgan fingerprint density at radius 2 is 1.67 bits per heavy atom. The first-order valence-electron chi connectivity index (χ1n) is 6.59.